The van der Waals surface area contributed by atoms with Crippen LogP contribution in [-0.4, -0.2) is 15.0 Å². The van der Waals surface area contributed by atoms with Crippen LogP contribution in [0.2, 0.25) is 0 Å². The first-order chi connectivity index (χ1) is 32.2. The van der Waals surface area contributed by atoms with Crippen LogP contribution < -0.4 is 0 Å². The van der Waals surface area contributed by atoms with E-state index in [0.717, 1.165) is 16.7 Å². The maximum Gasteiger partial charge on any atom is 0.164 e. The van der Waals surface area contributed by atoms with Crippen LogP contribution in [0, 0.1) is 0 Å². The zero-order valence-electron chi connectivity index (χ0n) is 35.4. The lowest BCUT2D eigenvalue weighted by atomic mass is 9.67. The minimum Gasteiger partial charge on any atom is -0.208 e. The standard InChI is InChI=1S/C62H39N3/c1-5-15-45(16-6-1)59-63-60(46-17-7-2-8-18-46)65-61(64-59)47-35-38-53-55(39-47)62(48-21-9-3-10-22-48,49-23-11-4-12-24-49)54-26-14-25-51(58(53)54)41-29-27-40(28-30-41)50-36-33-44-32-31-42-19-13-20-43-34-37-52(50)57(44)56(42)43/h1-39H. The van der Waals surface area contributed by atoms with Crippen LogP contribution in [0.3, 0.4) is 0 Å². The normalized spacial score (nSPS) is 12.7. The predicted molar refractivity (Wildman–Crippen MR) is 268 cm³/mol. The number of hydrogen-bond donors (Lipinski definition) is 0. The molecule has 1 aromatic heterocycles. The zero-order chi connectivity index (χ0) is 42.9. The van der Waals surface area contributed by atoms with Gasteiger partial charge in [0.05, 0.1) is 5.41 Å². The van der Waals surface area contributed by atoms with Gasteiger partial charge in [-0.15, -0.1) is 0 Å². The first kappa shape index (κ1) is 37.1. The zero-order valence-corrected chi connectivity index (χ0v) is 35.4. The molecule has 302 valence electrons. The van der Waals surface area contributed by atoms with Crippen molar-refractivity contribution in [3.63, 3.8) is 0 Å². The molecule has 0 amide bonds. The average Bonchev–Trinajstić information content (AvgIpc) is 3.69. The summed E-state index contributed by atoms with van der Waals surface area (Å²) in [7, 11) is 0. The molecule has 0 N–H and O–H groups in total. The van der Waals surface area contributed by atoms with Gasteiger partial charge in [-0.2, -0.15) is 0 Å². The maximum atomic E-state index is 5.19. The van der Waals surface area contributed by atoms with Crippen LogP contribution in [0.4, 0.5) is 0 Å². The van der Waals surface area contributed by atoms with Crippen LogP contribution in [0.25, 0.3) is 99.9 Å². The molecule has 3 heteroatoms. The van der Waals surface area contributed by atoms with Crippen LogP contribution in [0.5, 0.6) is 0 Å². The lowest BCUT2D eigenvalue weighted by Gasteiger charge is -2.34. The quantitative estimate of drug-likeness (QED) is 0.150. The topological polar surface area (TPSA) is 38.7 Å². The second-order valence-corrected chi connectivity index (χ2v) is 17.1. The van der Waals surface area contributed by atoms with E-state index in [1.54, 1.807) is 0 Å². The number of fused-ring (bicyclic) bond motifs is 3. The Morgan fingerprint density at radius 1 is 0.277 bits per heavy atom. The minimum absolute atomic E-state index is 0.627. The first-order valence-corrected chi connectivity index (χ1v) is 22.3. The molecule has 0 bridgehead atoms. The van der Waals surface area contributed by atoms with Crippen molar-refractivity contribution >= 4 is 32.3 Å². The van der Waals surface area contributed by atoms with Crippen LogP contribution >= 0.6 is 0 Å². The Kier molecular flexibility index (Phi) is 8.44. The van der Waals surface area contributed by atoms with E-state index in [1.165, 1.54) is 88.0 Å². The minimum atomic E-state index is -0.627. The van der Waals surface area contributed by atoms with Gasteiger partial charge < -0.3 is 0 Å². The van der Waals surface area contributed by atoms with Gasteiger partial charge in [-0.3, -0.25) is 0 Å². The Morgan fingerprint density at radius 3 is 1.34 bits per heavy atom. The molecule has 12 aromatic rings. The van der Waals surface area contributed by atoms with Crippen molar-refractivity contribution in [3.8, 4) is 67.5 Å². The van der Waals surface area contributed by atoms with Crippen LogP contribution in [-0.2, 0) is 5.41 Å². The molecule has 1 aliphatic carbocycles. The molecule has 13 rings (SSSR count). The molecule has 0 radical (unpaired) electrons. The summed E-state index contributed by atoms with van der Waals surface area (Å²) >= 11 is 0. The Hall–Kier alpha value is -8.53. The largest absolute Gasteiger partial charge is 0.208 e. The summed E-state index contributed by atoms with van der Waals surface area (Å²) in [6, 6.07) is 85.5. The van der Waals surface area contributed by atoms with E-state index in [4.69, 9.17) is 15.0 Å². The molecule has 65 heavy (non-hydrogen) atoms. The molecule has 0 fully saturated rings. The highest BCUT2D eigenvalue weighted by Gasteiger charge is 2.47. The van der Waals surface area contributed by atoms with E-state index in [0.29, 0.717) is 17.5 Å². The van der Waals surface area contributed by atoms with Crippen molar-refractivity contribution in [2.75, 3.05) is 0 Å². The second-order valence-electron chi connectivity index (χ2n) is 17.1. The molecule has 3 nitrogen and oxygen atoms in total. The summed E-state index contributed by atoms with van der Waals surface area (Å²) in [5, 5.41) is 7.79. The lowest BCUT2D eigenvalue weighted by Crippen LogP contribution is -2.28. The van der Waals surface area contributed by atoms with Gasteiger partial charge in [0.25, 0.3) is 0 Å². The molecule has 0 saturated carbocycles. The number of aromatic nitrogens is 3. The van der Waals surface area contributed by atoms with Crippen molar-refractivity contribution in [3.05, 3.63) is 259 Å². The van der Waals surface area contributed by atoms with E-state index >= 15 is 0 Å². The van der Waals surface area contributed by atoms with Gasteiger partial charge in [-0.05, 0) is 94.0 Å². The predicted octanol–water partition coefficient (Wildman–Crippen LogP) is 15.5. The van der Waals surface area contributed by atoms with Gasteiger partial charge in [-0.25, -0.2) is 15.0 Å². The van der Waals surface area contributed by atoms with Crippen molar-refractivity contribution in [2.45, 2.75) is 5.41 Å². The molecule has 0 spiro atoms. The molecule has 0 atom stereocenters. The van der Waals surface area contributed by atoms with E-state index in [-0.39, 0.29) is 0 Å². The van der Waals surface area contributed by atoms with Crippen molar-refractivity contribution in [1.82, 2.24) is 15.0 Å². The third-order valence-electron chi connectivity index (χ3n) is 13.6. The van der Waals surface area contributed by atoms with Gasteiger partial charge in [0.1, 0.15) is 0 Å². The number of nitrogens with zero attached hydrogens (tertiary/aromatic N) is 3. The fourth-order valence-corrected chi connectivity index (χ4v) is 10.7. The lowest BCUT2D eigenvalue weighted by molar-refractivity contribution is 0.768. The average molecular weight is 826 g/mol. The highest BCUT2D eigenvalue weighted by molar-refractivity contribution is 6.25. The number of hydrogen-bond acceptors (Lipinski definition) is 3. The molecule has 0 aliphatic heterocycles. The van der Waals surface area contributed by atoms with Gasteiger partial charge in [0.15, 0.2) is 17.5 Å². The van der Waals surface area contributed by atoms with E-state index in [9.17, 15) is 0 Å². The molecule has 1 aliphatic rings. The molecule has 0 saturated heterocycles. The Morgan fingerprint density at radius 2 is 0.738 bits per heavy atom. The van der Waals surface area contributed by atoms with Crippen LogP contribution in [0.1, 0.15) is 22.3 Å². The SMILES string of the molecule is c1ccc(-c2nc(-c3ccccc3)nc(-c3ccc4c(c3)C(c3ccccc3)(c3ccccc3)c3cccc(-c5ccc(-c6ccc7ccc8cccc9ccc6c7c89)cc5)c3-4)n2)cc1. The van der Waals surface area contributed by atoms with E-state index in [2.05, 4.69) is 200 Å². The van der Waals surface area contributed by atoms with Crippen molar-refractivity contribution < 1.29 is 0 Å². The Bertz CT molecular complexity index is 3620. The second kappa shape index (κ2) is 14.8. The molecular formula is C62H39N3. The monoisotopic (exact) mass is 825 g/mol. The van der Waals surface area contributed by atoms with Crippen molar-refractivity contribution in [2.24, 2.45) is 0 Å². The summed E-state index contributed by atoms with van der Waals surface area (Å²) in [5.41, 5.74) is 14.3. The number of rotatable bonds is 7. The number of benzene rings is 11. The third-order valence-corrected chi connectivity index (χ3v) is 13.6. The summed E-state index contributed by atoms with van der Waals surface area (Å²) in [5.74, 6) is 1.92. The highest BCUT2D eigenvalue weighted by atomic mass is 15.0. The fraction of sp³-hybridized carbons (Fsp3) is 0.0161. The first-order valence-electron chi connectivity index (χ1n) is 22.3. The molecular weight excluding hydrogens is 787 g/mol. The van der Waals surface area contributed by atoms with E-state index in [1.807, 2.05) is 36.4 Å². The summed E-state index contributed by atoms with van der Waals surface area (Å²) in [6.45, 7) is 0. The van der Waals surface area contributed by atoms with Gasteiger partial charge >= 0.3 is 0 Å². The van der Waals surface area contributed by atoms with Gasteiger partial charge in [-0.1, -0.05) is 231 Å². The molecule has 0 unspecified atom stereocenters. The maximum absolute atomic E-state index is 5.19. The van der Waals surface area contributed by atoms with Gasteiger partial charge in [0, 0.05) is 16.7 Å². The summed E-state index contributed by atoms with van der Waals surface area (Å²) in [6.07, 6.45) is 0. The van der Waals surface area contributed by atoms with Crippen LogP contribution in [0.15, 0.2) is 237 Å². The smallest absolute Gasteiger partial charge is 0.164 e. The highest BCUT2D eigenvalue weighted by Crippen LogP contribution is 2.59. The summed E-state index contributed by atoms with van der Waals surface area (Å²) < 4.78 is 0. The molecule has 1 heterocycles. The molecule has 11 aromatic carbocycles. The van der Waals surface area contributed by atoms with Gasteiger partial charge in [0.2, 0.25) is 0 Å². The Balaban J connectivity index is 1.01. The Labute approximate surface area is 377 Å². The fourth-order valence-electron chi connectivity index (χ4n) is 10.7. The van der Waals surface area contributed by atoms with Crippen molar-refractivity contribution in [1.29, 1.82) is 0 Å². The third kappa shape index (κ3) is 5.79. The summed E-state index contributed by atoms with van der Waals surface area (Å²) in [4.78, 5) is 15.4. The van der Waals surface area contributed by atoms with E-state index < -0.39 is 5.41 Å².